The fourth-order valence-electron chi connectivity index (χ4n) is 3.64. The Kier molecular flexibility index (Phi) is 5.03. The van der Waals surface area contributed by atoms with Gasteiger partial charge < -0.3 is 4.42 Å². The van der Waals surface area contributed by atoms with E-state index in [1.54, 1.807) is 6.07 Å². The van der Waals surface area contributed by atoms with Gasteiger partial charge in [0.1, 0.15) is 0 Å². The maximum Gasteiger partial charge on any atom is 0.250 e. The van der Waals surface area contributed by atoms with Crippen LogP contribution in [-0.2, 0) is 5.41 Å². The molecule has 7 heteroatoms. The minimum absolute atomic E-state index is 0.275. The summed E-state index contributed by atoms with van der Waals surface area (Å²) in [7, 11) is 0. The van der Waals surface area contributed by atoms with Crippen molar-refractivity contribution in [2.45, 2.75) is 18.3 Å². The first-order chi connectivity index (χ1) is 14.5. The van der Waals surface area contributed by atoms with Crippen LogP contribution in [0.1, 0.15) is 24.3 Å². The van der Waals surface area contributed by atoms with E-state index in [1.165, 1.54) is 0 Å². The first-order valence-corrected chi connectivity index (χ1v) is 10.8. The summed E-state index contributed by atoms with van der Waals surface area (Å²) in [5.74, 6) is 0.861. The van der Waals surface area contributed by atoms with Gasteiger partial charge in [-0.2, -0.15) is 0 Å². The fraction of sp³-hybridized carbons (Fsp3) is 0.130. The van der Waals surface area contributed by atoms with Gasteiger partial charge in [0.2, 0.25) is 5.89 Å². The van der Waals surface area contributed by atoms with Crippen molar-refractivity contribution in [2.75, 3.05) is 0 Å². The third-order valence-electron chi connectivity index (χ3n) is 5.44. The molecule has 0 radical (unpaired) electrons. The van der Waals surface area contributed by atoms with Crippen molar-refractivity contribution in [3.63, 3.8) is 0 Å². The maximum absolute atomic E-state index is 6.74. The molecule has 0 spiro atoms. The number of hydrogen-bond donors (Lipinski definition) is 0. The average molecular weight is 476 g/mol. The van der Waals surface area contributed by atoms with E-state index in [1.807, 2.05) is 54.6 Å². The lowest BCUT2D eigenvalue weighted by Gasteiger charge is -2.11. The third kappa shape index (κ3) is 3.40. The van der Waals surface area contributed by atoms with E-state index in [0.29, 0.717) is 37.4 Å². The van der Waals surface area contributed by atoms with Crippen molar-refractivity contribution in [1.82, 2.24) is 10.2 Å². The second-order valence-corrected chi connectivity index (χ2v) is 8.95. The molecule has 1 fully saturated rings. The van der Waals surface area contributed by atoms with E-state index >= 15 is 0 Å². The summed E-state index contributed by atoms with van der Waals surface area (Å²) < 4.78 is 6.11. The smallest absolute Gasteiger partial charge is 0.250 e. The summed E-state index contributed by atoms with van der Waals surface area (Å²) in [5.41, 5.74) is 3.08. The minimum Gasteiger partial charge on any atom is -0.420 e. The molecule has 0 amide bonds. The predicted octanol–water partition coefficient (Wildman–Crippen LogP) is 8.10. The highest BCUT2D eigenvalue weighted by Gasteiger charge is 2.50. The van der Waals surface area contributed by atoms with Crippen molar-refractivity contribution in [1.29, 1.82) is 0 Å². The molecule has 0 aliphatic heterocycles. The van der Waals surface area contributed by atoms with Crippen LogP contribution in [-0.4, -0.2) is 10.2 Å². The van der Waals surface area contributed by atoms with Crippen LogP contribution in [0, 0.1) is 0 Å². The molecular weight excluding hydrogens is 462 g/mol. The van der Waals surface area contributed by atoms with Gasteiger partial charge in [-0.3, -0.25) is 0 Å². The lowest BCUT2D eigenvalue weighted by Crippen LogP contribution is -2.08. The van der Waals surface area contributed by atoms with E-state index in [-0.39, 0.29) is 5.41 Å². The zero-order valence-electron chi connectivity index (χ0n) is 15.5. The maximum atomic E-state index is 6.74. The molecule has 0 saturated heterocycles. The summed E-state index contributed by atoms with van der Waals surface area (Å²) in [4.78, 5) is 0. The van der Waals surface area contributed by atoms with Gasteiger partial charge >= 0.3 is 0 Å². The Labute approximate surface area is 193 Å². The summed E-state index contributed by atoms with van der Waals surface area (Å²) >= 11 is 25.3. The highest BCUT2D eigenvalue weighted by atomic mass is 35.5. The molecular formula is C23H14Cl4N2O. The number of benzene rings is 3. The first kappa shape index (κ1) is 19.9. The zero-order chi connectivity index (χ0) is 20.9. The number of aromatic nitrogens is 2. The van der Waals surface area contributed by atoms with Crippen LogP contribution in [0.5, 0.6) is 0 Å². The monoisotopic (exact) mass is 474 g/mol. The number of hydrogen-bond acceptors (Lipinski definition) is 3. The largest absolute Gasteiger partial charge is 0.420 e. The van der Waals surface area contributed by atoms with E-state index < -0.39 is 0 Å². The topological polar surface area (TPSA) is 38.9 Å². The Morgan fingerprint density at radius 1 is 0.733 bits per heavy atom. The fourth-order valence-corrected chi connectivity index (χ4v) is 4.53. The van der Waals surface area contributed by atoms with Crippen LogP contribution >= 0.6 is 46.4 Å². The molecule has 0 N–H and O–H groups in total. The average Bonchev–Trinajstić information content (AvgIpc) is 3.40. The van der Waals surface area contributed by atoms with Gasteiger partial charge in [-0.05, 0) is 54.3 Å². The molecule has 0 unspecified atom stereocenters. The molecule has 1 saturated carbocycles. The summed E-state index contributed by atoms with van der Waals surface area (Å²) in [5, 5.41) is 10.9. The van der Waals surface area contributed by atoms with Gasteiger partial charge in [0.05, 0.1) is 21.0 Å². The van der Waals surface area contributed by atoms with Crippen molar-refractivity contribution < 1.29 is 4.42 Å². The number of halogens is 4. The van der Waals surface area contributed by atoms with E-state index in [2.05, 4.69) is 10.2 Å². The molecule has 1 aliphatic rings. The summed E-state index contributed by atoms with van der Waals surface area (Å²) in [6, 6.07) is 18.8. The zero-order valence-corrected chi connectivity index (χ0v) is 18.5. The Balaban J connectivity index is 1.56. The second-order valence-electron chi connectivity index (χ2n) is 7.29. The molecule has 30 heavy (non-hydrogen) atoms. The quantitative estimate of drug-likeness (QED) is 0.299. The van der Waals surface area contributed by atoms with Crippen molar-refractivity contribution in [3.05, 3.63) is 92.2 Å². The SMILES string of the molecule is Clc1ccc(-c2ccc(Cl)c(-c3nnc(C4(c5ccc(Cl)cc5)CC4)o3)c2Cl)cc1. The van der Waals surface area contributed by atoms with Crippen LogP contribution in [0.2, 0.25) is 20.1 Å². The molecule has 0 bridgehead atoms. The minimum atomic E-state index is -0.275. The Hall–Kier alpha value is -2.04. The molecule has 0 atom stereocenters. The Morgan fingerprint density at radius 3 is 2.00 bits per heavy atom. The summed E-state index contributed by atoms with van der Waals surface area (Å²) in [6.45, 7) is 0. The lowest BCUT2D eigenvalue weighted by atomic mass is 9.96. The standard InChI is InChI=1S/C23H14Cl4N2O/c24-15-5-1-13(2-6-15)17-9-10-18(26)19(20(17)27)21-28-29-22(30-21)23(11-12-23)14-3-7-16(25)8-4-14/h1-10H,11-12H2. The third-order valence-corrected chi connectivity index (χ3v) is 6.65. The summed E-state index contributed by atoms with van der Waals surface area (Å²) in [6.07, 6.45) is 1.87. The molecule has 1 aliphatic carbocycles. The van der Waals surface area contributed by atoms with Gasteiger partial charge in [-0.15, -0.1) is 10.2 Å². The van der Waals surface area contributed by atoms with Gasteiger partial charge in [0.15, 0.2) is 0 Å². The highest BCUT2D eigenvalue weighted by Crippen LogP contribution is 2.53. The van der Waals surface area contributed by atoms with Crippen LogP contribution in [0.25, 0.3) is 22.6 Å². The van der Waals surface area contributed by atoms with Crippen molar-refractivity contribution in [3.8, 4) is 22.6 Å². The van der Waals surface area contributed by atoms with Gasteiger partial charge in [-0.1, -0.05) is 76.7 Å². The number of nitrogens with zero attached hydrogens (tertiary/aromatic N) is 2. The normalized spacial score (nSPS) is 14.7. The molecule has 4 aromatic rings. The van der Waals surface area contributed by atoms with E-state index in [9.17, 15) is 0 Å². The molecule has 3 nitrogen and oxygen atoms in total. The van der Waals surface area contributed by atoms with Crippen LogP contribution < -0.4 is 0 Å². The second kappa shape index (κ2) is 7.58. The van der Waals surface area contributed by atoms with E-state index in [4.69, 9.17) is 50.8 Å². The van der Waals surface area contributed by atoms with Gasteiger partial charge in [0.25, 0.3) is 5.89 Å². The highest BCUT2D eigenvalue weighted by molar-refractivity contribution is 6.40. The Bertz CT molecular complexity index is 1230. The van der Waals surface area contributed by atoms with Gasteiger partial charge in [0, 0.05) is 15.6 Å². The van der Waals surface area contributed by atoms with Gasteiger partial charge in [-0.25, -0.2) is 0 Å². The van der Waals surface area contributed by atoms with Crippen LogP contribution in [0.4, 0.5) is 0 Å². The molecule has 3 aromatic carbocycles. The van der Waals surface area contributed by atoms with Crippen LogP contribution in [0.3, 0.4) is 0 Å². The Morgan fingerprint density at radius 2 is 1.37 bits per heavy atom. The first-order valence-electron chi connectivity index (χ1n) is 9.32. The molecule has 1 heterocycles. The van der Waals surface area contributed by atoms with E-state index in [0.717, 1.165) is 29.5 Å². The van der Waals surface area contributed by atoms with Crippen LogP contribution in [0.15, 0.2) is 65.1 Å². The van der Waals surface area contributed by atoms with Crippen molar-refractivity contribution >= 4 is 46.4 Å². The van der Waals surface area contributed by atoms with Crippen molar-refractivity contribution in [2.24, 2.45) is 0 Å². The molecule has 150 valence electrons. The lowest BCUT2D eigenvalue weighted by molar-refractivity contribution is 0.472. The number of rotatable bonds is 4. The molecule has 5 rings (SSSR count). The molecule has 1 aromatic heterocycles. The predicted molar refractivity (Wildman–Crippen MR) is 122 cm³/mol.